The molecule has 0 aliphatic heterocycles. The van der Waals surface area contributed by atoms with E-state index in [0.717, 1.165) is 22.7 Å². The van der Waals surface area contributed by atoms with Crippen LogP contribution in [0.1, 0.15) is 5.56 Å². The molecular formula is C25H21N2PtS2-. The van der Waals surface area contributed by atoms with Crippen molar-refractivity contribution in [1.82, 2.24) is 10.3 Å². The fraction of sp³-hybridized carbons (Fsp3) is 0.0800. The molecular weight excluding hydrogens is 588 g/mol. The molecule has 1 N–H and O–H groups in total. The van der Waals surface area contributed by atoms with E-state index >= 15 is 0 Å². The van der Waals surface area contributed by atoms with Gasteiger partial charge in [0.2, 0.25) is 0 Å². The standard InChI is InChI=1S/C25H21N2S2.Pt/c1-26-18-19-14-15-27-24(16-19)23-13-12-22(28-20-8-4-2-5-9-20)17-25(23)29-21-10-6-3-7-11-21;/h2-12,14-17,26H,18H2,1H3;/q-1;. The van der Waals surface area contributed by atoms with Crippen LogP contribution in [0.3, 0.4) is 0 Å². The van der Waals surface area contributed by atoms with E-state index in [2.05, 4.69) is 83.1 Å². The molecule has 0 spiro atoms. The first-order chi connectivity index (χ1) is 14.3. The zero-order valence-electron chi connectivity index (χ0n) is 16.4. The second kappa shape index (κ2) is 11.5. The maximum Gasteiger partial charge on any atom is 0.0195 e. The van der Waals surface area contributed by atoms with E-state index in [-0.39, 0.29) is 21.1 Å². The van der Waals surface area contributed by atoms with Crippen molar-refractivity contribution in [2.75, 3.05) is 7.05 Å². The third-order valence-corrected chi connectivity index (χ3v) is 6.32. The maximum absolute atomic E-state index is 4.63. The van der Waals surface area contributed by atoms with Gasteiger partial charge in [0.25, 0.3) is 0 Å². The van der Waals surface area contributed by atoms with E-state index in [1.807, 2.05) is 31.4 Å². The Morgan fingerprint density at radius 1 is 0.833 bits per heavy atom. The third kappa shape index (κ3) is 6.09. The third-order valence-electron chi connectivity index (χ3n) is 4.29. The minimum absolute atomic E-state index is 0. The fourth-order valence-electron chi connectivity index (χ4n) is 2.96. The summed E-state index contributed by atoms with van der Waals surface area (Å²) in [6, 6.07) is 32.9. The quantitative estimate of drug-likeness (QED) is 0.240. The zero-order valence-corrected chi connectivity index (χ0v) is 20.4. The van der Waals surface area contributed by atoms with Crippen molar-refractivity contribution in [1.29, 1.82) is 0 Å². The van der Waals surface area contributed by atoms with Crippen LogP contribution in [0.4, 0.5) is 0 Å². The van der Waals surface area contributed by atoms with Crippen molar-refractivity contribution < 1.29 is 21.1 Å². The minimum Gasteiger partial charge on any atom is -0.316 e. The molecule has 0 saturated carbocycles. The zero-order chi connectivity index (χ0) is 19.9. The smallest absolute Gasteiger partial charge is 0.0195 e. The molecule has 3 aromatic carbocycles. The molecule has 5 heteroatoms. The Bertz CT molecular complexity index is 1070. The molecule has 2 nitrogen and oxygen atoms in total. The van der Waals surface area contributed by atoms with E-state index in [9.17, 15) is 0 Å². The average molecular weight is 609 g/mol. The Morgan fingerprint density at radius 2 is 1.50 bits per heavy atom. The molecule has 0 amide bonds. The molecule has 0 atom stereocenters. The Balaban J connectivity index is 0.00000256. The summed E-state index contributed by atoms with van der Waals surface area (Å²) in [7, 11) is 1.96. The van der Waals surface area contributed by atoms with Crippen molar-refractivity contribution in [3.05, 3.63) is 103 Å². The van der Waals surface area contributed by atoms with Crippen molar-refractivity contribution in [3.8, 4) is 11.3 Å². The maximum atomic E-state index is 4.63. The van der Waals surface area contributed by atoms with Gasteiger partial charge in [0.1, 0.15) is 0 Å². The van der Waals surface area contributed by atoms with Gasteiger partial charge >= 0.3 is 0 Å². The van der Waals surface area contributed by atoms with Crippen molar-refractivity contribution in [2.45, 2.75) is 26.1 Å². The SMILES string of the molecule is CNCc1ccnc(-c2[c-]cc(Sc3ccccc3)cc2Sc2ccccc2)c1.[Pt]. The molecule has 0 aliphatic rings. The van der Waals surface area contributed by atoms with E-state index in [0.29, 0.717) is 0 Å². The van der Waals surface area contributed by atoms with Crippen LogP contribution in [0, 0.1) is 6.07 Å². The van der Waals surface area contributed by atoms with Gasteiger partial charge in [-0.05, 0) is 48.6 Å². The second-order valence-electron chi connectivity index (χ2n) is 6.48. The minimum atomic E-state index is 0. The van der Waals surface area contributed by atoms with Gasteiger partial charge in [-0.3, -0.25) is 0 Å². The summed E-state index contributed by atoms with van der Waals surface area (Å²) < 4.78 is 0. The molecule has 4 rings (SSSR count). The number of hydrogen-bond acceptors (Lipinski definition) is 4. The Morgan fingerprint density at radius 3 is 2.17 bits per heavy atom. The fourth-order valence-corrected chi connectivity index (χ4v) is 4.90. The molecule has 1 aromatic heterocycles. The summed E-state index contributed by atoms with van der Waals surface area (Å²) in [5, 5.41) is 3.21. The molecule has 1 heterocycles. The first-order valence-corrected chi connectivity index (χ1v) is 11.1. The molecule has 0 radical (unpaired) electrons. The number of aromatic nitrogens is 1. The number of hydrogen-bond donors (Lipinski definition) is 1. The number of benzene rings is 3. The van der Waals surface area contributed by atoms with Crippen LogP contribution in [0.5, 0.6) is 0 Å². The van der Waals surface area contributed by atoms with Crippen LogP contribution in [0.15, 0.2) is 111 Å². The summed E-state index contributed by atoms with van der Waals surface area (Å²) in [4.78, 5) is 9.38. The van der Waals surface area contributed by atoms with E-state index < -0.39 is 0 Å². The van der Waals surface area contributed by atoms with E-state index in [1.54, 1.807) is 23.5 Å². The molecule has 30 heavy (non-hydrogen) atoms. The topological polar surface area (TPSA) is 24.9 Å². The van der Waals surface area contributed by atoms with Crippen LogP contribution in [-0.2, 0) is 27.6 Å². The number of nitrogens with one attached hydrogen (secondary N) is 1. The Kier molecular flexibility index (Phi) is 8.77. The van der Waals surface area contributed by atoms with Gasteiger partial charge < -0.3 is 10.3 Å². The predicted molar refractivity (Wildman–Crippen MR) is 122 cm³/mol. The monoisotopic (exact) mass is 608 g/mol. The van der Waals surface area contributed by atoms with Crippen LogP contribution < -0.4 is 5.32 Å². The van der Waals surface area contributed by atoms with Crippen LogP contribution >= 0.6 is 23.5 Å². The molecule has 0 aliphatic carbocycles. The summed E-state index contributed by atoms with van der Waals surface area (Å²) >= 11 is 3.51. The second-order valence-corrected chi connectivity index (χ2v) is 8.75. The van der Waals surface area contributed by atoms with E-state index in [1.165, 1.54) is 20.2 Å². The van der Waals surface area contributed by atoms with Crippen LogP contribution in [-0.4, -0.2) is 12.0 Å². The predicted octanol–water partition coefficient (Wildman–Crippen LogP) is 6.57. The molecule has 154 valence electrons. The molecule has 0 fully saturated rings. The van der Waals surface area contributed by atoms with Gasteiger partial charge in [-0.2, -0.15) is 0 Å². The van der Waals surface area contributed by atoms with Gasteiger partial charge in [-0.15, -0.1) is 47.3 Å². The number of rotatable bonds is 7. The van der Waals surface area contributed by atoms with Gasteiger partial charge in [0.15, 0.2) is 0 Å². The van der Waals surface area contributed by atoms with Gasteiger partial charge in [-0.1, -0.05) is 52.3 Å². The van der Waals surface area contributed by atoms with Crippen LogP contribution in [0.2, 0.25) is 0 Å². The Labute approximate surface area is 201 Å². The Hall–Kier alpha value is -1.84. The van der Waals surface area contributed by atoms with E-state index in [4.69, 9.17) is 0 Å². The largest absolute Gasteiger partial charge is 0.316 e. The normalized spacial score (nSPS) is 10.4. The van der Waals surface area contributed by atoms with Gasteiger partial charge in [0, 0.05) is 43.6 Å². The van der Waals surface area contributed by atoms with Crippen molar-refractivity contribution in [2.24, 2.45) is 0 Å². The summed E-state index contributed by atoms with van der Waals surface area (Å²) in [6.07, 6.45) is 1.87. The van der Waals surface area contributed by atoms with Crippen molar-refractivity contribution in [3.63, 3.8) is 0 Å². The molecule has 4 aromatic rings. The molecule has 0 bridgehead atoms. The number of nitrogens with zero attached hydrogens (tertiary/aromatic N) is 1. The summed E-state index contributed by atoms with van der Waals surface area (Å²) in [5.74, 6) is 0. The summed E-state index contributed by atoms with van der Waals surface area (Å²) in [6.45, 7) is 0.818. The van der Waals surface area contributed by atoms with Crippen LogP contribution in [0.25, 0.3) is 11.3 Å². The summed E-state index contributed by atoms with van der Waals surface area (Å²) in [5.41, 5.74) is 3.20. The van der Waals surface area contributed by atoms with Gasteiger partial charge in [-0.25, -0.2) is 0 Å². The molecule has 0 saturated heterocycles. The van der Waals surface area contributed by atoms with Gasteiger partial charge in [0.05, 0.1) is 0 Å². The first kappa shape index (κ1) is 22.8. The molecule has 0 unspecified atom stereocenters. The average Bonchev–Trinajstić information content (AvgIpc) is 2.76. The first-order valence-electron chi connectivity index (χ1n) is 9.43. The number of pyridine rings is 1. The van der Waals surface area contributed by atoms with Crippen molar-refractivity contribution >= 4 is 23.5 Å².